The molecule has 1 aliphatic rings. The van der Waals surface area contributed by atoms with Crippen molar-refractivity contribution in [2.45, 2.75) is 18.9 Å². The van der Waals surface area contributed by atoms with E-state index >= 15 is 0 Å². The van der Waals surface area contributed by atoms with Gasteiger partial charge >= 0.3 is 0 Å². The van der Waals surface area contributed by atoms with E-state index in [1.807, 2.05) is 0 Å². The van der Waals surface area contributed by atoms with Crippen LogP contribution in [0.3, 0.4) is 0 Å². The molecule has 2 aromatic rings. The van der Waals surface area contributed by atoms with Gasteiger partial charge in [0.25, 0.3) is 11.2 Å². The first-order valence-corrected chi connectivity index (χ1v) is 6.65. The van der Waals surface area contributed by atoms with Crippen molar-refractivity contribution >= 4 is 22.3 Å². The Morgan fingerprint density at radius 1 is 1.38 bits per heavy atom. The van der Waals surface area contributed by atoms with Crippen molar-refractivity contribution in [3.63, 3.8) is 0 Å². The number of hydrogen-bond acceptors (Lipinski definition) is 6. The predicted molar refractivity (Wildman–Crippen MR) is 76.5 cm³/mol. The van der Waals surface area contributed by atoms with Crippen molar-refractivity contribution in [3.8, 4) is 0 Å². The van der Waals surface area contributed by atoms with Crippen LogP contribution in [0.4, 0.5) is 11.4 Å². The summed E-state index contributed by atoms with van der Waals surface area (Å²) in [4.78, 5) is 28.9. The second-order valence-electron chi connectivity index (χ2n) is 4.91. The third kappa shape index (κ3) is 2.70. The first-order valence-electron chi connectivity index (χ1n) is 6.65. The quantitative estimate of drug-likeness (QED) is 0.653. The number of nitro groups is 1. The standard InChI is InChI=1S/C13H14N4O4/c18-13-9-5-12(17(19)20)11(6-10(9)14-7-15-13)16-8-1-3-21-4-2-8/h5-8,16H,1-4H2,(H,14,15,18). The van der Waals surface area contributed by atoms with Crippen molar-refractivity contribution in [2.24, 2.45) is 0 Å². The summed E-state index contributed by atoms with van der Waals surface area (Å²) in [5.74, 6) is 0. The smallest absolute Gasteiger partial charge is 0.293 e. The van der Waals surface area contributed by atoms with Crippen LogP contribution in [-0.4, -0.2) is 34.1 Å². The molecule has 2 heterocycles. The van der Waals surface area contributed by atoms with Gasteiger partial charge in [-0.3, -0.25) is 14.9 Å². The molecule has 0 atom stereocenters. The maximum Gasteiger partial charge on any atom is 0.293 e. The number of benzene rings is 1. The number of rotatable bonds is 3. The van der Waals surface area contributed by atoms with Crippen LogP contribution in [0.5, 0.6) is 0 Å². The summed E-state index contributed by atoms with van der Waals surface area (Å²) in [6.45, 7) is 1.27. The lowest BCUT2D eigenvalue weighted by Gasteiger charge is -2.24. The van der Waals surface area contributed by atoms with E-state index in [0.29, 0.717) is 24.4 Å². The molecule has 2 N–H and O–H groups in total. The van der Waals surface area contributed by atoms with Crippen LogP contribution in [0.15, 0.2) is 23.3 Å². The topological polar surface area (TPSA) is 110 Å². The van der Waals surface area contributed by atoms with Gasteiger partial charge in [0.05, 0.1) is 22.2 Å². The fourth-order valence-electron chi connectivity index (χ4n) is 2.43. The van der Waals surface area contributed by atoms with Crippen LogP contribution in [0.25, 0.3) is 10.9 Å². The molecule has 0 unspecified atom stereocenters. The molecule has 0 saturated carbocycles. The number of hydrogen-bond donors (Lipinski definition) is 2. The van der Waals surface area contributed by atoms with Gasteiger partial charge in [-0.15, -0.1) is 0 Å². The van der Waals surface area contributed by atoms with Gasteiger partial charge in [-0.2, -0.15) is 0 Å². The van der Waals surface area contributed by atoms with E-state index < -0.39 is 4.92 Å². The molecule has 1 fully saturated rings. The average molecular weight is 290 g/mol. The van der Waals surface area contributed by atoms with E-state index in [9.17, 15) is 14.9 Å². The first-order chi connectivity index (χ1) is 10.1. The van der Waals surface area contributed by atoms with Gasteiger partial charge in [-0.05, 0) is 18.9 Å². The van der Waals surface area contributed by atoms with Crippen molar-refractivity contribution in [1.29, 1.82) is 0 Å². The number of nitrogens with zero attached hydrogens (tertiary/aromatic N) is 2. The molecule has 110 valence electrons. The summed E-state index contributed by atoms with van der Waals surface area (Å²) in [7, 11) is 0. The van der Waals surface area contributed by atoms with E-state index in [1.54, 1.807) is 6.07 Å². The zero-order valence-corrected chi connectivity index (χ0v) is 11.2. The Morgan fingerprint density at radius 2 is 2.14 bits per heavy atom. The molecule has 1 aliphatic heterocycles. The molecule has 21 heavy (non-hydrogen) atoms. The molecule has 3 rings (SSSR count). The Labute approximate surface area is 119 Å². The van der Waals surface area contributed by atoms with Gasteiger partial charge in [0, 0.05) is 25.3 Å². The summed E-state index contributed by atoms with van der Waals surface area (Å²) in [5.41, 5.74) is 0.310. The number of aromatic amines is 1. The van der Waals surface area contributed by atoms with Crippen LogP contribution in [-0.2, 0) is 4.74 Å². The Bertz CT molecular complexity index is 737. The molecular weight excluding hydrogens is 276 g/mol. The fraction of sp³-hybridized carbons (Fsp3) is 0.385. The summed E-state index contributed by atoms with van der Waals surface area (Å²) in [6.07, 6.45) is 2.87. The van der Waals surface area contributed by atoms with Gasteiger partial charge in [-0.1, -0.05) is 0 Å². The zero-order valence-electron chi connectivity index (χ0n) is 11.2. The SMILES string of the molecule is O=c1[nH]cnc2cc(NC3CCOCC3)c([N+](=O)[O-])cc12. The zero-order chi connectivity index (χ0) is 14.8. The van der Waals surface area contributed by atoms with Crippen molar-refractivity contribution in [1.82, 2.24) is 9.97 Å². The van der Waals surface area contributed by atoms with E-state index in [0.717, 1.165) is 12.8 Å². The van der Waals surface area contributed by atoms with Crippen molar-refractivity contribution in [2.75, 3.05) is 18.5 Å². The Kier molecular flexibility index (Phi) is 3.53. The normalized spacial score (nSPS) is 16.0. The maximum absolute atomic E-state index is 11.7. The highest BCUT2D eigenvalue weighted by Gasteiger charge is 2.21. The molecule has 1 saturated heterocycles. The van der Waals surface area contributed by atoms with Crippen LogP contribution < -0.4 is 10.9 Å². The molecular formula is C13H14N4O4. The Balaban J connectivity index is 2.05. The molecule has 1 aromatic carbocycles. The number of nitrogens with one attached hydrogen (secondary N) is 2. The largest absolute Gasteiger partial charge is 0.381 e. The summed E-state index contributed by atoms with van der Waals surface area (Å²) in [5, 5.41) is 14.6. The van der Waals surface area contributed by atoms with E-state index in [1.165, 1.54) is 12.4 Å². The first kappa shape index (κ1) is 13.5. The number of nitro benzene ring substituents is 1. The highest BCUT2D eigenvalue weighted by atomic mass is 16.6. The predicted octanol–water partition coefficient (Wildman–Crippen LogP) is 1.42. The minimum Gasteiger partial charge on any atom is -0.381 e. The Morgan fingerprint density at radius 3 is 2.86 bits per heavy atom. The van der Waals surface area contributed by atoms with E-state index in [4.69, 9.17) is 4.74 Å². The third-order valence-corrected chi connectivity index (χ3v) is 3.54. The van der Waals surface area contributed by atoms with Crippen LogP contribution >= 0.6 is 0 Å². The highest BCUT2D eigenvalue weighted by molar-refractivity contribution is 5.86. The molecule has 1 aromatic heterocycles. The number of ether oxygens (including phenoxy) is 1. The van der Waals surface area contributed by atoms with Gasteiger partial charge in [0.1, 0.15) is 5.69 Å². The summed E-state index contributed by atoms with van der Waals surface area (Å²) >= 11 is 0. The molecule has 0 bridgehead atoms. The minimum absolute atomic E-state index is 0.118. The van der Waals surface area contributed by atoms with Crippen LogP contribution in [0.1, 0.15) is 12.8 Å². The molecule has 0 aliphatic carbocycles. The second kappa shape index (κ2) is 5.49. The highest BCUT2D eigenvalue weighted by Crippen LogP contribution is 2.29. The molecule has 0 amide bonds. The minimum atomic E-state index is -0.493. The number of aromatic nitrogens is 2. The van der Waals surface area contributed by atoms with Gasteiger partial charge in [0.15, 0.2) is 0 Å². The van der Waals surface area contributed by atoms with Crippen LogP contribution in [0.2, 0.25) is 0 Å². The van der Waals surface area contributed by atoms with Gasteiger partial charge in [-0.25, -0.2) is 4.98 Å². The van der Waals surface area contributed by atoms with Crippen LogP contribution in [0, 0.1) is 10.1 Å². The lowest BCUT2D eigenvalue weighted by Crippen LogP contribution is -2.28. The van der Waals surface area contributed by atoms with Crippen molar-refractivity contribution < 1.29 is 9.66 Å². The lowest BCUT2D eigenvalue weighted by atomic mass is 10.1. The van der Waals surface area contributed by atoms with E-state index in [2.05, 4.69) is 15.3 Å². The lowest BCUT2D eigenvalue weighted by molar-refractivity contribution is -0.383. The van der Waals surface area contributed by atoms with E-state index in [-0.39, 0.29) is 22.7 Å². The molecule has 0 radical (unpaired) electrons. The average Bonchev–Trinajstić information content (AvgIpc) is 2.48. The Hall–Kier alpha value is -2.48. The summed E-state index contributed by atoms with van der Waals surface area (Å²) in [6, 6.07) is 2.94. The number of fused-ring (bicyclic) bond motifs is 1. The summed E-state index contributed by atoms with van der Waals surface area (Å²) < 4.78 is 5.27. The second-order valence-corrected chi connectivity index (χ2v) is 4.91. The number of H-pyrrole nitrogens is 1. The molecule has 8 nitrogen and oxygen atoms in total. The third-order valence-electron chi connectivity index (χ3n) is 3.54. The van der Waals surface area contributed by atoms with Crippen molar-refractivity contribution in [3.05, 3.63) is 38.9 Å². The fourth-order valence-corrected chi connectivity index (χ4v) is 2.43. The maximum atomic E-state index is 11.7. The van der Waals surface area contributed by atoms with Gasteiger partial charge in [0.2, 0.25) is 0 Å². The monoisotopic (exact) mass is 290 g/mol. The molecule has 8 heteroatoms. The van der Waals surface area contributed by atoms with Gasteiger partial charge < -0.3 is 15.0 Å². The number of anilines is 1. The molecule has 0 spiro atoms.